The van der Waals surface area contributed by atoms with Gasteiger partial charge in [-0.3, -0.25) is 0 Å². The fraction of sp³-hybridized carbons (Fsp3) is 0.400. The molecule has 2 unspecified atom stereocenters. The Hall–Kier alpha value is -1.81. The molecule has 0 aromatic heterocycles. The van der Waals surface area contributed by atoms with E-state index in [0.717, 1.165) is 36.6 Å². The maximum atomic E-state index is 13.4. The smallest absolute Gasteiger partial charge is 0.194 e. The predicted molar refractivity (Wildman–Crippen MR) is 85.9 cm³/mol. The summed E-state index contributed by atoms with van der Waals surface area (Å²) in [5, 5.41) is 0. The van der Waals surface area contributed by atoms with Crippen LogP contribution >= 0.6 is 0 Å². The molecule has 0 amide bonds. The zero-order chi connectivity index (χ0) is 16.7. The van der Waals surface area contributed by atoms with Gasteiger partial charge in [0.25, 0.3) is 0 Å². The molecule has 2 atom stereocenters. The molecule has 1 nitrogen and oxygen atoms in total. The third kappa shape index (κ3) is 3.07. The highest BCUT2D eigenvalue weighted by Crippen LogP contribution is 2.43. The van der Waals surface area contributed by atoms with Gasteiger partial charge in [0.1, 0.15) is 0 Å². The Kier molecular flexibility index (Phi) is 4.09. The molecule has 1 saturated heterocycles. The number of hydrogen-bond acceptors (Lipinski definition) is 1. The van der Waals surface area contributed by atoms with Crippen molar-refractivity contribution >= 4 is 0 Å². The van der Waals surface area contributed by atoms with Crippen LogP contribution in [-0.2, 0) is 4.74 Å². The minimum absolute atomic E-state index is 0.0933. The van der Waals surface area contributed by atoms with Crippen LogP contribution < -0.4 is 0 Å². The lowest BCUT2D eigenvalue weighted by atomic mass is 9.91. The van der Waals surface area contributed by atoms with Crippen LogP contribution in [0.4, 0.5) is 13.2 Å². The van der Waals surface area contributed by atoms with Crippen molar-refractivity contribution in [3.05, 3.63) is 59.4 Å². The van der Waals surface area contributed by atoms with Crippen LogP contribution in [0.3, 0.4) is 0 Å². The van der Waals surface area contributed by atoms with Crippen LogP contribution in [-0.4, -0.2) is 6.61 Å². The highest BCUT2D eigenvalue weighted by atomic mass is 19.2. The largest absolute Gasteiger partial charge is 0.373 e. The maximum absolute atomic E-state index is 13.4. The van der Waals surface area contributed by atoms with Gasteiger partial charge in [0.05, 0.1) is 12.7 Å². The molecule has 1 heterocycles. The monoisotopic (exact) mass is 332 g/mol. The summed E-state index contributed by atoms with van der Waals surface area (Å²) in [5.74, 6) is -2.19. The van der Waals surface area contributed by atoms with Gasteiger partial charge in [0.2, 0.25) is 0 Å². The van der Waals surface area contributed by atoms with Crippen molar-refractivity contribution in [3.63, 3.8) is 0 Å². The number of ether oxygens (including phenoxy) is 1. The summed E-state index contributed by atoms with van der Waals surface area (Å²) in [5.41, 5.74) is 2.07. The summed E-state index contributed by atoms with van der Waals surface area (Å²) < 4.78 is 45.8. The van der Waals surface area contributed by atoms with Crippen LogP contribution in [0.5, 0.6) is 0 Å². The van der Waals surface area contributed by atoms with E-state index in [2.05, 4.69) is 0 Å². The topological polar surface area (TPSA) is 9.23 Å². The van der Waals surface area contributed by atoms with Crippen molar-refractivity contribution in [1.82, 2.24) is 0 Å². The van der Waals surface area contributed by atoms with Gasteiger partial charge in [0, 0.05) is 0 Å². The molecule has 4 rings (SSSR count). The van der Waals surface area contributed by atoms with Gasteiger partial charge in [-0.05, 0) is 66.3 Å². The second-order valence-electron chi connectivity index (χ2n) is 6.87. The minimum atomic E-state index is -1.43. The molecular weight excluding hydrogens is 313 g/mol. The average molecular weight is 332 g/mol. The SMILES string of the molecule is Fc1cc(-c2ccc(C3CCC(C4CC4)CO3)cc2)cc(F)c1F. The Morgan fingerprint density at radius 2 is 1.38 bits per heavy atom. The minimum Gasteiger partial charge on any atom is -0.373 e. The van der Waals surface area contributed by atoms with Gasteiger partial charge in [-0.1, -0.05) is 24.3 Å². The lowest BCUT2D eigenvalue weighted by Gasteiger charge is -2.29. The summed E-state index contributed by atoms with van der Waals surface area (Å²) in [6.45, 7) is 0.825. The highest BCUT2D eigenvalue weighted by molar-refractivity contribution is 5.64. The van der Waals surface area contributed by atoms with E-state index in [9.17, 15) is 13.2 Å². The lowest BCUT2D eigenvalue weighted by Crippen LogP contribution is -2.22. The first kappa shape index (κ1) is 15.7. The van der Waals surface area contributed by atoms with Crippen molar-refractivity contribution in [3.8, 4) is 11.1 Å². The third-order valence-electron chi connectivity index (χ3n) is 5.20. The molecule has 2 aromatic carbocycles. The predicted octanol–water partition coefficient (Wildman–Crippen LogP) is 5.65. The van der Waals surface area contributed by atoms with Crippen LogP contribution in [0.1, 0.15) is 37.4 Å². The van der Waals surface area contributed by atoms with E-state index < -0.39 is 17.5 Å². The summed E-state index contributed by atoms with van der Waals surface area (Å²) in [6, 6.07) is 9.50. The van der Waals surface area contributed by atoms with Crippen LogP contribution in [0, 0.1) is 29.3 Å². The second kappa shape index (κ2) is 6.25. The molecule has 1 aliphatic heterocycles. The Labute approximate surface area is 139 Å². The van der Waals surface area contributed by atoms with E-state index in [1.165, 1.54) is 19.3 Å². The van der Waals surface area contributed by atoms with Gasteiger partial charge < -0.3 is 4.74 Å². The molecule has 24 heavy (non-hydrogen) atoms. The average Bonchev–Trinajstić information content (AvgIpc) is 3.45. The zero-order valence-corrected chi connectivity index (χ0v) is 13.3. The fourth-order valence-electron chi connectivity index (χ4n) is 3.59. The van der Waals surface area contributed by atoms with Crippen LogP contribution in [0.15, 0.2) is 36.4 Å². The molecule has 2 aliphatic rings. The number of hydrogen-bond donors (Lipinski definition) is 0. The van der Waals surface area contributed by atoms with E-state index in [1.54, 1.807) is 12.1 Å². The number of benzene rings is 2. The van der Waals surface area contributed by atoms with Gasteiger partial charge in [0.15, 0.2) is 17.5 Å². The first-order chi connectivity index (χ1) is 11.6. The van der Waals surface area contributed by atoms with E-state index in [0.29, 0.717) is 17.0 Å². The van der Waals surface area contributed by atoms with Crippen LogP contribution in [0.25, 0.3) is 11.1 Å². The van der Waals surface area contributed by atoms with E-state index in [4.69, 9.17) is 4.74 Å². The molecule has 0 radical (unpaired) electrons. The standard InChI is InChI=1S/C20H19F3O/c21-17-9-16(10-18(22)20(17)23)13-3-5-14(6-4-13)19-8-7-15(11-24-19)12-1-2-12/h3-6,9-10,12,15,19H,1-2,7-8,11H2. The van der Waals surface area contributed by atoms with Gasteiger partial charge in [-0.15, -0.1) is 0 Å². The molecule has 1 aliphatic carbocycles. The maximum Gasteiger partial charge on any atom is 0.194 e. The summed E-state index contributed by atoms with van der Waals surface area (Å²) in [4.78, 5) is 0. The van der Waals surface area contributed by atoms with E-state index in [1.807, 2.05) is 12.1 Å². The molecule has 2 fully saturated rings. The summed E-state index contributed by atoms with van der Waals surface area (Å²) in [7, 11) is 0. The van der Waals surface area contributed by atoms with E-state index >= 15 is 0 Å². The van der Waals surface area contributed by atoms with Crippen molar-refractivity contribution in [2.24, 2.45) is 11.8 Å². The molecule has 2 aromatic rings. The first-order valence-electron chi connectivity index (χ1n) is 8.48. The van der Waals surface area contributed by atoms with Crippen molar-refractivity contribution in [2.75, 3.05) is 6.61 Å². The Balaban J connectivity index is 1.48. The molecule has 0 spiro atoms. The second-order valence-corrected chi connectivity index (χ2v) is 6.87. The summed E-state index contributed by atoms with van der Waals surface area (Å²) in [6.07, 6.45) is 5.00. The van der Waals surface area contributed by atoms with Gasteiger partial charge in [-0.25, -0.2) is 13.2 Å². The van der Waals surface area contributed by atoms with Crippen molar-refractivity contribution in [2.45, 2.75) is 31.8 Å². The number of halogens is 3. The molecule has 0 N–H and O–H groups in total. The van der Waals surface area contributed by atoms with E-state index in [-0.39, 0.29) is 6.10 Å². The van der Waals surface area contributed by atoms with Crippen LogP contribution in [0.2, 0.25) is 0 Å². The number of rotatable bonds is 3. The quantitative estimate of drug-likeness (QED) is 0.660. The fourth-order valence-corrected chi connectivity index (χ4v) is 3.59. The molecule has 1 saturated carbocycles. The molecule has 126 valence electrons. The molecule has 0 bridgehead atoms. The summed E-state index contributed by atoms with van der Waals surface area (Å²) >= 11 is 0. The van der Waals surface area contributed by atoms with Crippen molar-refractivity contribution < 1.29 is 17.9 Å². The molecular formula is C20H19F3O. The highest BCUT2D eigenvalue weighted by Gasteiger charge is 2.34. The van der Waals surface area contributed by atoms with Crippen molar-refractivity contribution in [1.29, 1.82) is 0 Å². The first-order valence-corrected chi connectivity index (χ1v) is 8.48. The van der Waals surface area contributed by atoms with Gasteiger partial charge >= 0.3 is 0 Å². The molecule has 4 heteroatoms. The Bertz CT molecular complexity index is 706. The Morgan fingerprint density at radius 1 is 0.750 bits per heavy atom. The third-order valence-corrected chi connectivity index (χ3v) is 5.20. The zero-order valence-electron chi connectivity index (χ0n) is 13.3. The normalized spacial score (nSPS) is 24.1. The lowest BCUT2D eigenvalue weighted by molar-refractivity contribution is -0.0230. The Morgan fingerprint density at radius 3 is 1.92 bits per heavy atom. The van der Waals surface area contributed by atoms with Gasteiger partial charge in [-0.2, -0.15) is 0 Å².